The van der Waals surface area contributed by atoms with Crippen molar-refractivity contribution in [3.05, 3.63) is 59.7 Å². The molecule has 0 unspecified atom stereocenters. The summed E-state index contributed by atoms with van der Waals surface area (Å²) in [6.07, 6.45) is 0.0941. The van der Waals surface area contributed by atoms with Crippen LogP contribution in [-0.2, 0) is 20.9 Å². The molecule has 0 radical (unpaired) electrons. The number of ether oxygens (including phenoxy) is 2. The number of nitrogens with zero attached hydrogens (tertiary/aromatic N) is 2. The van der Waals surface area contributed by atoms with Crippen molar-refractivity contribution >= 4 is 17.6 Å². The van der Waals surface area contributed by atoms with Crippen LogP contribution in [0.15, 0.2) is 48.5 Å². The van der Waals surface area contributed by atoms with Gasteiger partial charge in [-0.25, -0.2) is 0 Å². The van der Waals surface area contributed by atoms with E-state index in [1.807, 2.05) is 74.4 Å². The minimum absolute atomic E-state index is 0.0941. The lowest BCUT2D eigenvalue weighted by molar-refractivity contribution is -0.152. The van der Waals surface area contributed by atoms with E-state index in [2.05, 4.69) is 0 Å². The van der Waals surface area contributed by atoms with E-state index in [-0.39, 0.29) is 25.5 Å². The third kappa shape index (κ3) is 6.95. The summed E-state index contributed by atoms with van der Waals surface area (Å²) < 4.78 is 10.5. The van der Waals surface area contributed by atoms with Crippen molar-refractivity contribution in [2.24, 2.45) is 0 Å². The number of aryl methyl sites for hydroxylation is 1. The van der Waals surface area contributed by atoms with Crippen molar-refractivity contribution in [1.29, 1.82) is 0 Å². The van der Waals surface area contributed by atoms with Gasteiger partial charge in [-0.1, -0.05) is 29.8 Å². The van der Waals surface area contributed by atoms with Crippen LogP contribution in [0, 0.1) is 6.92 Å². The Kier molecular flexibility index (Phi) is 7.87. The van der Waals surface area contributed by atoms with Gasteiger partial charge in [-0.05, 0) is 36.8 Å². The van der Waals surface area contributed by atoms with E-state index < -0.39 is 5.97 Å². The molecule has 150 valence electrons. The number of esters is 1. The molecule has 2 aromatic rings. The monoisotopic (exact) mass is 384 g/mol. The fourth-order valence-electron chi connectivity index (χ4n) is 2.47. The average Bonchev–Trinajstić information content (AvgIpc) is 2.68. The predicted octanol–water partition coefficient (Wildman–Crippen LogP) is 3.03. The topological polar surface area (TPSA) is 59.1 Å². The number of carbonyl (C=O) groups is 2. The van der Waals surface area contributed by atoms with Gasteiger partial charge in [0.1, 0.15) is 5.75 Å². The highest BCUT2D eigenvalue weighted by Crippen LogP contribution is 2.14. The molecule has 1 amide bonds. The molecule has 6 nitrogen and oxygen atoms in total. The van der Waals surface area contributed by atoms with Gasteiger partial charge in [0.05, 0.1) is 13.0 Å². The second kappa shape index (κ2) is 10.3. The van der Waals surface area contributed by atoms with E-state index >= 15 is 0 Å². The van der Waals surface area contributed by atoms with E-state index in [9.17, 15) is 9.59 Å². The molecule has 2 rings (SSSR count). The highest BCUT2D eigenvalue weighted by Gasteiger charge is 2.13. The van der Waals surface area contributed by atoms with Crippen molar-refractivity contribution in [2.45, 2.75) is 19.9 Å². The van der Waals surface area contributed by atoms with Gasteiger partial charge in [-0.2, -0.15) is 0 Å². The number of anilines is 1. The van der Waals surface area contributed by atoms with E-state index in [0.717, 1.165) is 16.8 Å². The van der Waals surface area contributed by atoms with Crippen LogP contribution in [0.25, 0.3) is 0 Å². The van der Waals surface area contributed by atoms with E-state index in [1.54, 1.807) is 11.9 Å². The first kappa shape index (κ1) is 21.3. The van der Waals surface area contributed by atoms with Gasteiger partial charge >= 0.3 is 5.97 Å². The smallest absolute Gasteiger partial charge is 0.309 e. The van der Waals surface area contributed by atoms with Gasteiger partial charge < -0.3 is 19.3 Å². The lowest BCUT2D eigenvalue weighted by Crippen LogP contribution is -2.31. The number of amides is 1. The Morgan fingerprint density at radius 1 is 0.929 bits per heavy atom. The summed E-state index contributed by atoms with van der Waals surface area (Å²) in [6.45, 7) is 2.40. The first-order valence-corrected chi connectivity index (χ1v) is 9.20. The van der Waals surface area contributed by atoms with Crippen LogP contribution in [0.2, 0.25) is 0 Å². The van der Waals surface area contributed by atoms with Gasteiger partial charge in [0.2, 0.25) is 0 Å². The largest absolute Gasteiger partial charge is 0.493 e. The molecular weight excluding hydrogens is 356 g/mol. The molecule has 0 bridgehead atoms. The lowest BCUT2D eigenvalue weighted by atomic mass is 10.2. The number of likely N-dealkylation sites (N-methyl/N-ethyl adjacent to an activating group) is 1. The van der Waals surface area contributed by atoms with Crippen LogP contribution in [-0.4, -0.2) is 51.1 Å². The maximum atomic E-state index is 12.2. The molecule has 0 atom stereocenters. The Morgan fingerprint density at radius 2 is 1.57 bits per heavy atom. The Morgan fingerprint density at radius 3 is 2.18 bits per heavy atom. The number of carbonyl (C=O) groups excluding carboxylic acids is 2. The minimum Gasteiger partial charge on any atom is -0.493 e. The molecule has 6 heteroatoms. The zero-order valence-electron chi connectivity index (χ0n) is 17.0. The number of hydrogen-bond donors (Lipinski definition) is 0. The van der Waals surface area contributed by atoms with Gasteiger partial charge in [0.25, 0.3) is 5.91 Å². The summed E-state index contributed by atoms with van der Waals surface area (Å²) in [5.41, 5.74) is 3.25. The number of hydrogen-bond acceptors (Lipinski definition) is 5. The van der Waals surface area contributed by atoms with Crippen molar-refractivity contribution in [1.82, 2.24) is 4.90 Å². The van der Waals surface area contributed by atoms with Gasteiger partial charge in [0, 0.05) is 33.4 Å². The highest BCUT2D eigenvalue weighted by molar-refractivity contribution is 5.80. The molecule has 0 aliphatic carbocycles. The summed E-state index contributed by atoms with van der Waals surface area (Å²) in [5.74, 6) is 0.00295. The van der Waals surface area contributed by atoms with Crippen molar-refractivity contribution in [2.75, 3.05) is 39.3 Å². The Balaban J connectivity index is 1.68. The summed E-state index contributed by atoms with van der Waals surface area (Å²) in [4.78, 5) is 27.5. The summed E-state index contributed by atoms with van der Waals surface area (Å²) in [6, 6.07) is 15.5. The highest BCUT2D eigenvalue weighted by atomic mass is 16.5. The second-order valence-corrected chi connectivity index (χ2v) is 6.88. The van der Waals surface area contributed by atoms with E-state index in [4.69, 9.17) is 9.47 Å². The first-order chi connectivity index (χ1) is 13.3. The van der Waals surface area contributed by atoms with Gasteiger partial charge in [-0.3, -0.25) is 9.59 Å². The van der Waals surface area contributed by atoms with Crippen molar-refractivity contribution in [3.8, 4) is 5.75 Å². The molecule has 0 aliphatic heterocycles. The average molecular weight is 384 g/mol. The third-order valence-electron chi connectivity index (χ3n) is 4.25. The van der Waals surface area contributed by atoms with Crippen LogP contribution >= 0.6 is 0 Å². The maximum absolute atomic E-state index is 12.2. The van der Waals surface area contributed by atoms with Crippen LogP contribution < -0.4 is 9.64 Å². The summed E-state index contributed by atoms with van der Waals surface area (Å²) in [5, 5.41) is 0. The number of benzene rings is 2. The molecule has 0 aliphatic rings. The molecule has 0 aromatic heterocycles. The summed E-state index contributed by atoms with van der Waals surface area (Å²) >= 11 is 0. The van der Waals surface area contributed by atoms with Crippen LogP contribution in [0.3, 0.4) is 0 Å². The molecular formula is C22H28N2O4. The molecule has 0 saturated heterocycles. The fourth-order valence-corrected chi connectivity index (χ4v) is 2.47. The fraction of sp³-hybridized carbons (Fsp3) is 0.364. The second-order valence-electron chi connectivity index (χ2n) is 6.88. The molecule has 0 heterocycles. The van der Waals surface area contributed by atoms with E-state index in [1.165, 1.54) is 0 Å². The lowest BCUT2D eigenvalue weighted by Gasteiger charge is -2.18. The Hall–Kier alpha value is -3.02. The van der Waals surface area contributed by atoms with E-state index in [0.29, 0.717) is 12.3 Å². The van der Waals surface area contributed by atoms with Crippen LogP contribution in [0.5, 0.6) is 5.75 Å². The SMILES string of the molecule is Cc1ccc(OCCC(=O)OCC(=O)N(C)Cc2ccc(N(C)C)cc2)cc1. The normalized spacial score (nSPS) is 10.3. The van der Waals surface area contributed by atoms with Crippen LogP contribution in [0.4, 0.5) is 5.69 Å². The minimum atomic E-state index is -0.454. The molecule has 0 saturated carbocycles. The number of rotatable bonds is 9. The molecule has 28 heavy (non-hydrogen) atoms. The Bertz CT molecular complexity index is 770. The first-order valence-electron chi connectivity index (χ1n) is 9.20. The summed E-state index contributed by atoms with van der Waals surface area (Å²) in [7, 11) is 5.65. The quantitative estimate of drug-likeness (QED) is 0.622. The predicted molar refractivity (Wildman–Crippen MR) is 109 cm³/mol. The molecule has 0 spiro atoms. The maximum Gasteiger partial charge on any atom is 0.309 e. The van der Waals surface area contributed by atoms with Crippen molar-refractivity contribution in [3.63, 3.8) is 0 Å². The standard InChI is InChI=1S/C22H28N2O4/c1-17-5-11-20(12-6-17)27-14-13-22(26)28-16-21(25)24(4)15-18-7-9-19(10-8-18)23(2)3/h5-12H,13-16H2,1-4H3. The zero-order valence-corrected chi connectivity index (χ0v) is 17.0. The molecule has 0 fully saturated rings. The van der Waals surface area contributed by atoms with Crippen LogP contribution in [0.1, 0.15) is 17.5 Å². The molecule has 0 N–H and O–H groups in total. The Labute approximate surface area is 166 Å². The molecule has 2 aromatic carbocycles. The van der Waals surface area contributed by atoms with Gasteiger partial charge in [0.15, 0.2) is 6.61 Å². The van der Waals surface area contributed by atoms with Gasteiger partial charge in [-0.15, -0.1) is 0 Å². The third-order valence-corrected chi connectivity index (χ3v) is 4.25. The zero-order chi connectivity index (χ0) is 20.5. The van der Waals surface area contributed by atoms with Crippen molar-refractivity contribution < 1.29 is 19.1 Å².